The highest BCUT2D eigenvalue weighted by Gasteiger charge is 2.21. The molecule has 0 unspecified atom stereocenters. The van der Waals surface area contributed by atoms with Crippen molar-refractivity contribution in [3.8, 4) is 56.2 Å². The van der Waals surface area contributed by atoms with E-state index in [0.717, 1.165) is 55.6 Å². The maximum absolute atomic E-state index is 6.71. The van der Waals surface area contributed by atoms with Crippen molar-refractivity contribution in [2.75, 3.05) is 0 Å². The molecule has 0 amide bonds. The lowest BCUT2D eigenvalue weighted by molar-refractivity contribution is 0.670. The molecule has 0 spiro atoms. The summed E-state index contributed by atoms with van der Waals surface area (Å²) in [5.41, 5.74) is 11.0. The minimum absolute atomic E-state index is 0.670. The number of benzene rings is 7. The second-order valence-corrected chi connectivity index (χ2v) is 13.6. The summed E-state index contributed by atoms with van der Waals surface area (Å²) in [6.07, 6.45) is 0. The number of hydrogen-bond acceptors (Lipinski definition) is 4. The number of rotatable bonds is 5. The summed E-state index contributed by atoms with van der Waals surface area (Å²) in [4.78, 5) is 10.5. The molecule has 0 aliphatic rings. The van der Waals surface area contributed by atoms with Crippen LogP contribution in [0.15, 0.2) is 174 Å². The van der Waals surface area contributed by atoms with Gasteiger partial charge in [0.2, 0.25) is 0 Å². The number of hydrogen-bond donors (Lipinski definition) is 0. The summed E-state index contributed by atoms with van der Waals surface area (Å²) >= 11 is 1.82. The van der Waals surface area contributed by atoms with Crippen LogP contribution in [0, 0.1) is 0 Å². The first-order valence-electron chi connectivity index (χ1n) is 16.7. The van der Waals surface area contributed by atoms with Crippen LogP contribution in [0.3, 0.4) is 0 Å². The van der Waals surface area contributed by atoms with Gasteiger partial charge >= 0.3 is 0 Å². The first kappa shape index (κ1) is 28.6. The average molecular weight is 657 g/mol. The quantitative estimate of drug-likeness (QED) is 0.185. The number of fused-ring (bicyclic) bond motifs is 7. The van der Waals surface area contributed by atoms with Crippen LogP contribution in [-0.2, 0) is 0 Å². The third-order valence-electron chi connectivity index (χ3n) is 9.53. The number of thiophene rings is 1. The van der Waals surface area contributed by atoms with E-state index in [2.05, 4.69) is 152 Å². The fourth-order valence-corrected chi connectivity index (χ4v) is 8.26. The minimum Gasteiger partial charge on any atom is -0.455 e. The van der Waals surface area contributed by atoms with Crippen molar-refractivity contribution < 1.29 is 4.42 Å². The molecule has 10 rings (SSSR count). The third-order valence-corrected chi connectivity index (χ3v) is 10.7. The first-order valence-corrected chi connectivity index (χ1v) is 17.6. The number of para-hydroxylation sites is 1. The van der Waals surface area contributed by atoms with Gasteiger partial charge in [-0.05, 0) is 46.5 Å². The van der Waals surface area contributed by atoms with Crippen LogP contribution in [0.5, 0.6) is 0 Å². The van der Waals surface area contributed by atoms with E-state index in [-0.39, 0.29) is 0 Å². The van der Waals surface area contributed by atoms with Crippen LogP contribution < -0.4 is 0 Å². The highest BCUT2D eigenvalue weighted by molar-refractivity contribution is 7.26. The topological polar surface area (TPSA) is 38.9 Å². The van der Waals surface area contributed by atoms with E-state index in [9.17, 15) is 0 Å². The summed E-state index contributed by atoms with van der Waals surface area (Å²) in [6, 6.07) is 59.4. The van der Waals surface area contributed by atoms with Gasteiger partial charge in [0.05, 0.1) is 11.4 Å². The Balaban J connectivity index is 1.21. The molecule has 0 atom stereocenters. The molecule has 7 aromatic carbocycles. The molecule has 3 nitrogen and oxygen atoms in total. The number of furan rings is 1. The molecule has 50 heavy (non-hydrogen) atoms. The van der Waals surface area contributed by atoms with E-state index in [4.69, 9.17) is 14.4 Å². The zero-order valence-corrected chi connectivity index (χ0v) is 27.7. The standard InChI is InChI=1S/C46H28N2OS/c1-3-11-29(12-4-1)31-19-23-33(24-20-31)39-28-40(48-46(47-39)34-25-21-32(22-26-34)30-13-5-2-6-14-30)38-27-37-35-15-8-10-18-42(35)50-45(37)43-36-16-7-9-17-41(36)49-44(38)43/h1-28H. The minimum atomic E-state index is 0.670. The van der Waals surface area contributed by atoms with Gasteiger partial charge in [0.25, 0.3) is 0 Å². The van der Waals surface area contributed by atoms with Crippen molar-refractivity contribution >= 4 is 53.4 Å². The van der Waals surface area contributed by atoms with Crippen LogP contribution in [0.2, 0.25) is 0 Å². The number of aromatic nitrogens is 2. The molecule has 0 aliphatic carbocycles. The Bertz CT molecular complexity index is 2730. The molecule has 0 radical (unpaired) electrons. The molecule has 0 saturated carbocycles. The molecule has 10 aromatic rings. The zero-order chi connectivity index (χ0) is 33.0. The zero-order valence-electron chi connectivity index (χ0n) is 26.9. The van der Waals surface area contributed by atoms with Crippen LogP contribution in [0.1, 0.15) is 0 Å². The third kappa shape index (κ3) is 4.80. The van der Waals surface area contributed by atoms with Gasteiger partial charge < -0.3 is 4.42 Å². The molecule has 3 aromatic heterocycles. The van der Waals surface area contributed by atoms with Gasteiger partial charge in [-0.2, -0.15) is 0 Å². The van der Waals surface area contributed by atoms with Crippen molar-refractivity contribution in [3.05, 3.63) is 170 Å². The van der Waals surface area contributed by atoms with Gasteiger partial charge in [-0.3, -0.25) is 0 Å². The molecular formula is C46H28N2OS. The second-order valence-electron chi connectivity index (χ2n) is 12.6. The lowest BCUT2D eigenvalue weighted by Gasteiger charge is -2.11. The molecule has 0 bridgehead atoms. The monoisotopic (exact) mass is 656 g/mol. The molecule has 0 N–H and O–H groups in total. The molecule has 0 saturated heterocycles. The molecular weight excluding hydrogens is 629 g/mol. The van der Waals surface area contributed by atoms with Crippen LogP contribution >= 0.6 is 11.3 Å². The first-order chi connectivity index (χ1) is 24.8. The van der Waals surface area contributed by atoms with Crippen molar-refractivity contribution in [1.82, 2.24) is 9.97 Å². The van der Waals surface area contributed by atoms with Gasteiger partial charge in [-0.1, -0.05) is 146 Å². The summed E-state index contributed by atoms with van der Waals surface area (Å²) in [6.45, 7) is 0. The van der Waals surface area contributed by atoms with Crippen molar-refractivity contribution in [3.63, 3.8) is 0 Å². The molecule has 0 aliphatic heterocycles. The van der Waals surface area contributed by atoms with E-state index in [1.807, 2.05) is 29.5 Å². The summed E-state index contributed by atoms with van der Waals surface area (Å²) < 4.78 is 9.20. The summed E-state index contributed by atoms with van der Waals surface area (Å²) in [5, 5.41) is 4.70. The normalized spacial score (nSPS) is 11.6. The predicted molar refractivity (Wildman–Crippen MR) is 209 cm³/mol. The van der Waals surface area contributed by atoms with Gasteiger partial charge in [-0.25, -0.2) is 9.97 Å². The van der Waals surface area contributed by atoms with Gasteiger partial charge in [0.1, 0.15) is 11.2 Å². The van der Waals surface area contributed by atoms with Crippen LogP contribution in [-0.4, -0.2) is 9.97 Å². The van der Waals surface area contributed by atoms with E-state index in [1.165, 1.54) is 36.9 Å². The maximum Gasteiger partial charge on any atom is 0.160 e. The van der Waals surface area contributed by atoms with E-state index < -0.39 is 0 Å². The SMILES string of the molecule is c1ccc(-c2ccc(-c3cc(-c4cc5c6ccccc6sc5c5c4oc4ccccc45)nc(-c4ccc(-c5ccccc5)cc4)n3)cc2)cc1. The molecule has 0 fully saturated rings. The Kier molecular flexibility index (Phi) is 6.68. The number of nitrogens with zero attached hydrogens (tertiary/aromatic N) is 2. The van der Waals surface area contributed by atoms with E-state index in [1.54, 1.807) is 0 Å². The fourth-order valence-electron chi connectivity index (χ4n) is 7.02. The largest absolute Gasteiger partial charge is 0.455 e. The van der Waals surface area contributed by atoms with Crippen LogP contribution in [0.4, 0.5) is 0 Å². The van der Waals surface area contributed by atoms with E-state index >= 15 is 0 Å². The molecule has 234 valence electrons. The van der Waals surface area contributed by atoms with Crippen molar-refractivity contribution in [2.24, 2.45) is 0 Å². The summed E-state index contributed by atoms with van der Waals surface area (Å²) in [7, 11) is 0. The highest BCUT2D eigenvalue weighted by atomic mass is 32.1. The van der Waals surface area contributed by atoms with Gasteiger partial charge in [0.15, 0.2) is 5.82 Å². The average Bonchev–Trinajstić information content (AvgIpc) is 3.77. The highest BCUT2D eigenvalue weighted by Crippen LogP contribution is 2.46. The lowest BCUT2D eigenvalue weighted by atomic mass is 9.99. The Morgan fingerprint density at radius 3 is 1.66 bits per heavy atom. The lowest BCUT2D eigenvalue weighted by Crippen LogP contribution is -1.96. The second kappa shape index (κ2) is 11.7. The fraction of sp³-hybridized carbons (Fsp3) is 0. The van der Waals surface area contributed by atoms with Crippen LogP contribution in [0.25, 0.3) is 98.3 Å². The summed E-state index contributed by atoms with van der Waals surface area (Å²) in [5.74, 6) is 0.670. The molecule has 3 heterocycles. The Morgan fingerprint density at radius 2 is 0.960 bits per heavy atom. The maximum atomic E-state index is 6.71. The van der Waals surface area contributed by atoms with Crippen molar-refractivity contribution in [1.29, 1.82) is 0 Å². The van der Waals surface area contributed by atoms with Crippen molar-refractivity contribution in [2.45, 2.75) is 0 Å². The smallest absolute Gasteiger partial charge is 0.160 e. The Labute approximate surface area is 292 Å². The predicted octanol–water partition coefficient (Wildman–Crippen LogP) is 13.1. The van der Waals surface area contributed by atoms with Gasteiger partial charge in [0, 0.05) is 47.6 Å². The molecule has 4 heteroatoms. The Hall–Kier alpha value is -6.36. The Morgan fingerprint density at radius 1 is 0.420 bits per heavy atom. The van der Waals surface area contributed by atoms with Gasteiger partial charge in [-0.15, -0.1) is 11.3 Å². The van der Waals surface area contributed by atoms with E-state index in [0.29, 0.717) is 5.82 Å².